The van der Waals surface area contributed by atoms with E-state index in [1.807, 2.05) is 65.3 Å². The van der Waals surface area contributed by atoms with Crippen LogP contribution in [0.25, 0.3) is 51.1 Å². The molecule has 580 valence electrons. The van der Waals surface area contributed by atoms with Crippen molar-refractivity contribution in [2.24, 2.45) is 0 Å². The molecule has 13 rings (SSSR count). The predicted molar refractivity (Wildman–Crippen MR) is 404 cm³/mol. The molecule has 0 atom stereocenters. The van der Waals surface area contributed by atoms with Crippen molar-refractivity contribution in [2.75, 3.05) is 132 Å². The number of piperazine rings is 3. The van der Waals surface area contributed by atoms with Crippen molar-refractivity contribution >= 4 is 47.0 Å². The van der Waals surface area contributed by atoms with Crippen LogP contribution in [0.2, 0.25) is 0 Å². The highest BCUT2D eigenvalue weighted by Gasteiger charge is 2.34. The first-order chi connectivity index (χ1) is 51.5. The maximum atomic E-state index is 13.6. The van der Waals surface area contributed by atoms with Gasteiger partial charge < -0.3 is 29.3 Å². The number of benzene rings is 3. The van der Waals surface area contributed by atoms with Gasteiger partial charge in [-0.1, -0.05) is 53.4 Å². The van der Waals surface area contributed by atoms with Gasteiger partial charge in [-0.3, -0.25) is 24.8 Å². The Balaban J connectivity index is 0.000000160. The van der Waals surface area contributed by atoms with E-state index in [1.54, 1.807) is 53.8 Å². The molecule has 9 heterocycles. The van der Waals surface area contributed by atoms with E-state index in [9.17, 15) is 44.7 Å². The molecule has 1 saturated carbocycles. The average molecular weight is 1540 g/mol. The molecule has 107 heavy (non-hydrogen) atoms. The van der Waals surface area contributed by atoms with Crippen molar-refractivity contribution in [3.05, 3.63) is 121 Å². The Morgan fingerprint density at radius 1 is 0.458 bits per heavy atom. The lowest BCUT2D eigenvalue weighted by Gasteiger charge is -2.33. The van der Waals surface area contributed by atoms with Gasteiger partial charge in [-0.25, -0.2) is 82.7 Å². The number of likely N-dealkylation sites (N-methyl/N-ethyl adjacent to an activating group) is 1. The molecule has 35 heteroatoms. The first-order valence-electron chi connectivity index (χ1n) is 37.1. The summed E-state index contributed by atoms with van der Waals surface area (Å²) >= 11 is 0. The van der Waals surface area contributed by atoms with E-state index in [1.165, 1.54) is 33.8 Å². The fraction of sp³-hybridized carbons (Fsp3) is 0.542. The summed E-state index contributed by atoms with van der Waals surface area (Å²) in [6.07, 6.45) is 8.55. The van der Waals surface area contributed by atoms with Gasteiger partial charge in [-0.15, -0.1) is 0 Å². The maximum absolute atomic E-state index is 13.6. The molecule has 0 spiro atoms. The second kappa shape index (κ2) is 34.9. The van der Waals surface area contributed by atoms with Gasteiger partial charge in [0.15, 0.2) is 16.9 Å². The number of sulfonamides is 3. The molecular formula is C72H100N18O14S3. The predicted octanol–water partition coefficient (Wildman–Crippen LogP) is 4.98. The smallest absolute Gasteiger partial charge is 0.334 e. The van der Waals surface area contributed by atoms with E-state index < -0.39 is 35.8 Å². The molecule has 9 aromatic rings. The number of ether oxygens (including phenoxy) is 3. The Bertz CT molecular complexity index is 5160. The number of hydrogen-bond acceptors (Lipinski definition) is 23. The number of aryl methyl sites for hydroxylation is 5. The first kappa shape index (κ1) is 79.7. The third kappa shape index (κ3) is 17.1. The van der Waals surface area contributed by atoms with Crippen LogP contribution in [0.3, 0.4) is 0 Å². The molecule has 1 aliphatic carbocycles. The van der Waals surface area contributed by atoms with Crippen LogP contribution >= 0.6 is 0 Å². The summed E-state index contributed by atoms with van der Waals surface area (Å²) in [4.78, 5) is 82.5. The lowest BCUT2D eigenvalue weighted by atomic mass is 10.0. The van der Waals surface area contributed by atoms with Crippen LogP contribution in [0.1, 0.15) is 127 Å². The van der Waals surface area contributed by atoms with E-state index in [2.05, 4.69) is 34.8 Å². The number of aromatic amines is 3. The average Bonchev–Trinajstić information content (AvgIpc) is 1.31. The molecule has 0 amide bonds. The van der Waals surface area contributed by atoms with E-state index in [0.717, 1.165) is 55.6 Å². The van der Waals surface area contributed by atoms with Crippen LogP contribution in [0.15, 0.2) is 83.7 Å². The molecule has 4 aliphatic rings. The second-order valence-electron chi connectivity index (χ2n) is 26.7. The summed E-state index contributed by atoms with van der Waals surface area (Å²) in [7, 11) is -9.29. The van der Waals surface area contributed by atoms with Crippen molar-refractivity contribution in [1.29, 1.82) is 0 Å². The van der Waals surface area contributed by atoms with Crippen LogP contribution in [0.4, 0.5) is 0 Å². The lowest BCUT2D eigenvalue weighted by molar-refractivity contribution is 0.151. The standard InChI is InChI=1S/C26H36N6O5S.C23H32N6O5S.C23H32N6O4S/c1-3-22-27-23(18-7-5-6-8-18)25-28-24(29-26(34)32(22)25)20-17-19(9-10-21(20)37-4-2)38(35,36)31-13-11-30(12-14-31)15-16-33;1-4-6-19-22-25-21(26-23(31)29(22)16(3)24-19)18-15-17(7-8-20(18)34-5-2)35(32,33)28-11-9-27(10-12-28)13-14-30;1-5-8-18-22-25-21(26-23(30)29(22)20(6-2)24-18)17-15-16(9-10-19(17)33-7-3)34(31,32)28-13-11-27(4)12-14-28/h9-10,17-18,33H,3-8,11-16H2,1-2H3,(H,28,29,34);7-8,15,30H,4-6,9-14H2,1-3H3,(H,25,26,31);9-10,15H,5-8,11-14H2,1-4H3,(H,25,26,30). The van der Waals surface area contributed by atoms with Crippen LogP contribution in [-0.4, -0.2) is 253 Å². The van der Waals surface area contributed by atoms with Crippen molar-refractivity contribution in [3.8, 4) is 51.4 Å². The van der Waals surface area contributed by atoms with E-state index in [-0.39, 0.29) is 62.7 Å². The third-order valence-electron chi connectivity index (χ3n) is 19.7. The lowest BCUT2D eigenvalue weighted by Crippen LogP contribution is -2.49. The molecule has 3 aromatic carbocycles. The monoisotopic (exact) mass is 1540 g/mol. The number of nitrogens with one attached hydrogen (secondary N) is 3. The molecule has 0 radical (unpaired) electrons. The van der Waals surface area contributed by atoms with Gasteiger partial charge >= 0.3 is 17.1 Å². The fourth-order valence-electron chi connectivity index (χ4n) is 14.1. The molecular weight excluding hydrogens is 1440 g/mol. The quantitative estimate of drug-likeness (QED) is 0.0477. The summed E-state index contributed by atoms with van der Waals surface area (Å²) in [6.45, 7) is 23.3. The Hall–Kier alpha value is -8.36. The number of imidazole rings is 3. The number of hydrogen-bond donors (Lipinski definition) is 5. The molecule has 4 fully saturated rings. The normalized spacial score (nSPS) is 16.5. The maximum Gasteiger partial charge on any atom is 0.334 e. The Labute approximate surface area is 623 Å². The minimum Gasteiger partial charge on any atom is -0.493 e. The van der Waals surface area contributed by atoms with Crippen molar-refractivity contribution in [3.63, 3.8) is 0 Å². The van der Waals surface area contributed by atoms with Gasteiger partial charge in [0, 0.05) is 110 Å². The molecule has 3 aliphatic heterocycles. The minimum atomic E-state index is -3.79. The molecule has 0 unspecified atom stereocenters. The van der Waals surface area contributed by atoms with Gasteiger partial charge in [0.25, 0.3) is 0 Å². The third-order valence-corrected chi connectivity index (χ3v) is 25.4. The van der Waals surface area contributed by atoms with Crippen LogP contribution in [-0.2, 0) is 55.8 Å². The highest BCUT2D eigenvalue weighted by Crippen LogP contribution is 2.39. The Morgan fingerprint density at radius 2 is 0.813 bits per heavy atom. The number of aliphatic hydroxyl groups excluding tert-OH is 2. The highest BCUT2D eigenvalue weighted by molar-refractivity contribution is 7.89. The summed E-state index contributed by atoms with van der Waals surface area (Å²) < 4.78 is 107. The molecule has 6 aromatic heterocycles. The molecule has 5 N–H and O–H groups in total. The number of aromatic nitrogens is 12. The van der Waals surface area contributed by atoms with Gasteiger partial charge in [-0.2, -0.15) is 12.9 Å². The number of nitrogens with zero attached hydrogens (tertiary/aromatic N) is 15. The Kier molecular flexibility index (Phi) is 26.0. The van der Waals surface area contributed by atoms with Crippen molar-refractivity contribution < 1.29 is 49.7 Å². The minimum absolute atomic E-state index is 0.0429. The van der Waals surface area contributed by atoms with E-state index >= 15 is 0 Å². The van der Waals surface area contributed by atoms with Crippen molar-refractivity contribution in [2.45, 2.75) is 140 Å². The summed E-state index contributed by atoms with van der Waals surface area (Å²) in [6, 6.07) is 14.1. The largest absolute Gasteiger partial charge is 0.493 e. The van der Waals surface area contributed by atoms with Crippen LogP contribution < -0.4 is 31.3 Å². The number of H-pyrrole nitrogens is 3. The molecule has 32 nitrogen and oxygen atoms in total. The number of β-amino-alcohol motifs (C(OH)–C–C–N with tert-alkyl or cyclic N) is 2. The fourth-order valence-corrected chi connectivity index (χ4v) is 18.5. The van der Waals surface area contributed by atoms with Crippen LogP contribution in [0, 0.1) is 6.92 Å². The zero-order valence-electron chi connectivity index (χ0n) is 62.5. The number of rotatable bonds is 26. The van der Waals surface area contributed by atoms with Gasteiger partial charge in [0.1, 0.15) is 52.2 Å². The first-order valence-corrected chi connectivity index (χ1v) is 41.5. The number of fused-ring (bicyclic) bond motifs is 3. The van der Waals surface area contributed by atoms with Gasteiger partial charge in [-0.05, 0) is 115 Å². The molecule has 3 saturated heterocycles. The summed E-state index contributed by atoms with van der Waals surface area (Å²) in [5.74, 6) is 4.21. The second-order valence-corrected chi connectivity index (χ2v) is 32.6. The van der Waals surface area contributed by atoms with Crippen molar-refractivity contribution in [1.82, 2.24) is 85.7 Å². The zero-order valence-corrected chi connectivity index (χ0v) is 65.0. The van der Waals surface area contributed by atoms with Gasteiger partial charge in [0.2, 0.25) is 30.1 Å². The summed E-state index contributed by atoms with van der Waals surface area (Å²) in [5, 5.41) is 18.3. The SMILES string of the molecule is CCCc1nc(C)n2c(=O)[nH]c(-c3cc(S(=O)(=O)N4CCN(CCO)CC4)ccc3OCC)nc12.CCCc1nc(CC)n2c(=O)[nH]c(-c3cc(S(=O)(=O)N4CCN(C)CC4)ccc3OCC)nc12.CCOc1ccc(S(=O)(=O)N2CCN(CCO)CC2)cc1-c1nc2c(C3CCCC3)nc(CC)n2c(=O)[nH]1. The topological polar surface area (TPSA) is 379 Å². The summed E-state index contributed by atoms with van der Waals surface area (Å²) in [5.41, 5.74) is 3.94. The van der Waals surface area contributed by atoms with Gasteiger partial charge in [0.05, 0.1) is 81.5 Å². The number of aliphatic hydroxyl groups is 2. The van der Waals surface area contributed by atoms with Crippen LogP contribution in [0.5, 0.6) is 17.2 Å². The zero-order chi connectivity index (χ0) is 76.5. The van der Waals surface area contributed by atoms with E-state index in [4.69, 9.17) is 34.3 Å². The highest BCUT2D eigenvalue weighted by atomic mass is 32.2. The Morgan fingerprint density at radius 3 is 1.20 bits per heavy atom. The molecule has 0 bridgehead atoms. The van der Waals surface area contributed by atoms with E-state index in [0.29, 0.717) is 205 Å².